The molecule has 1 unspecified atom stereocenters. The number of rotatable bonds is 9. The minimum atomic E-state index is -1.28. The van der Waals surface area contributed by atoms with Crippen LogP contribution in [-0.4, -0.2) is 44.0 Å². The van der Waals surface area contributed by atoms with Gasteiger partial charge in [0.05, 0.1) is 6.54 Å². The molecule has 0 bridgehead atoms. The van der Waals surface area contributed by atoms with Crippen LogP contribution in [0.25, 0.3) is 0 Å². The summed E-state index contributed by atoms with van der Waals surface area (Å²) >= 11 is 5.96. The summed E-state index contributed by atoms with van der Waals surface area (Å²) in [6, 6.07) is 7.20. The number of hydrogen-bond donors (Lipinski definition) is 1. The summed E-state index contributed by atoms with van der Waals surface area (Å²) in [6.45, 7) is 15.9. The van der Waals surface area contributed by atoms with E-state index in [-0.39, 0.29) is 17.6 Å². The average Bonchev–Trinajstić information content (AvgIpc) is 2.41. The third kappa shape index (κ3) is 9.06. The van der Waals surface area contributed by atoms with Crippen LogP contribution in [-0.2, 0) is 4.53 Å². The van der Waals surface area contributed by atoms with Crippen molar-refractivity contribution in [2.75, 3.05) is 13.2 Å². The lowest BCUT2D eigenvalue weighted by Crippen LogP contribution is -2.51. The van der Waals surface area contributed by atoms with Gasteiger partial charge in [-0.1, -0.05) is 38.4 Å². The zero-order chi connectivity index (χ0) is 19.3. The Labute approximate surface area is 159 Å². The van der Waals surface area contributed by atoms with Gasteiger partial charge >= 0.3 is 0 Å². The highest BCUT2D eigenvalue weighted by Crippen LogP contribution is 2.32. The van der Waals surface area contributed by atoms with Crippen molar-refractivity contribution >= 4 is 20.6 Å². The van der Waals surface area contributed by atoms with E-state index in [1.54, 1.807) is 12.1 Å². The molecule has 1 rings (SSSR count). The molecule has 0 heterocycles. The summed E-state index contributed by atoms with van der Waals surface area (Å²) in [5.74, 6) is 0.659. The molecular weight excluding hydrogens is 354 g/mol. The molecule has 0 spiro atoms. The molecule has 0 aliphatic heterocycles. The van der Waals surface area contributed by atoms with Crippen LogP contribution in [0.15, 0.2) is 24.3 Å². The molecule has 0 saturated carbocycles. The van der Waals surface area contributed by atoms with Crippen molar-refractivity contribution in [1.29, 1.82) is 0 Å². The Morgan fingerprint density at radius 1 is 1.20 bits per heavy atom. The van der Waals surface area contributed by atoms with Crippen molar-refractivity contribution in [3.63, 3.8) is 0 Å². The molecule has 1 aromatic rings. The highest BCUT2D eigenvalue weighted by atomic mass is 35.5. The summed E-state index contributed by atoms with van der Waals surface area (Å²) in [6.07, 6.45) is 0.314. The molecule has 0 radical (unpaired) electrons. The number of hydroxylamine groups is 2. The molecule has 0 aromatic heterocycles. The fourth-order valence-corrected chi connectivity index (χ4v) is 4.13. The molecule has 0 aliphatic carbocycles. The SMILES string of the molecule is C[SiH](C)ON(CC(O)COc1cccc(Cl)c1)C(C)(C)CC(C)(C)C. The van der Waals surface area contributed by atoms with Gasteiger partial charge in [-0.2, -0.15) is 5.06 Å². The summed E-state index contributed by atoms with van der Waals surface area (Å²) < 4.78 is 11.8. The summed E-state index contributed by atoms with van der Waals surface area (Å²) in [7, 11) is -1.28. The maximum Gasteiger partial charge on any atom is 0.199 e. The molecule has 144 valence electrons. The monoisotopic (exact) mass is 387 g/mol. The highest BCUT2D eigenvalue weighted by Gasteiger charge is 2.34. The number of aliphatic hydroxyl groups is 1. The average molecular weight is 388 g/mol. The molecule has 6 heteroatoms. The second kappa shape index (κ2) is 9.37. The van der Waals surface area contributed by atoms with E-state index in [4.69, 9.17) is 20.9 Å². The van der Waals surface area contributed by atoms with Gasteiger partial charge in [0.1, 0.15) is 18.5 Å². The van der Waals surface area contributed by atoms with Crippen molar-refractivity contribution in [1.82, 2.24) is 5.06 Å². The first-order valence-electron chi connectivity index (χ1n) is 8.90. The Hall–Kier alpha value is -0.593. The second-order valence-corrected chi connectivity index (χ2v) is 11.4. The number of ether oxygens (including phenoxy) is 1. The number of β-amino-alcohol motifs (C(OH)–C–C–N with tert-alkyl or cyclic N) is 1. The van der Waals surface area contributed by atoms with Crippen LogP contribution in [0.5, 0.6) is 5.75 Å². The van der Waals surface area contributed by atoms with Crippen molar-refractivity contribution in [3.8, 4) is 5.75 Å². The Bertz CT molecular complexity index is 532. The topological polar surface area (TPSA) is 41.9 Å². The van der Waals surface area contributed by atoms with Crippen molar-refractivity contribution in [3.05, 3.63) is 29.3 Å². The summed E-state index contributed by atoms with van der Waals surface area (Å²) in [4.78, 5) is 0. The first kappa shape index (κ1) is 22.4. The van der Waals surface area contributed by atoms with Gasteiger partial charge in [0.2, 0.25) is 0 Å². The van der Waals surface area contributed by atoms with Crippen LogP contribution in [0.3, 0.4) is 0 Å². The molecule has 1 aromatic carbocycles. The maximum atomic E-state index is 10.5. The fourth-order valence-electron chi connectivity index (χ4n) is 3.07. The molecule has 0 amide bonds. The number of hydrogen-bond acceptors (Lipinski definition) is 4. The van der Waals surface area contributed by atoms with Crippen LogP contribution in [0.2, 0.25) is 18.1 Å². The van der Waals surface area contributed by atoms with Crippen molar-refractivity contribution in [2.24, 2.45) is 5.41 Å². The Kier molecular flexibility index (Phi) is 8.42. The predicted octanol–water partition coefficient (Wildman–Crippen LogP) is 4.51. The van der Waals surface area contributed by atoms with Crippen LogP contribution in [0, 0.1) is 5.41 Å². The standard InChI is InChI=1S/C19H34ClNO3Si/c1-18(2,3)14-19(4,5)21(24-25(6)7)12-16(22)13-23-17-10-8-9-15(20)11-17/h8-11,16,22,25H,12-14H2,1-7H3. The summed E-state index contributed by atoms with van der Waals surface area (Å²) in [5.41, 5.74) is -0.00155. The zero-order valence-electron chi connectivity index (χ0n) is 16.7. The number of halogens is 1. The molecule has 1 atom stereocenters. The van der Waals surface area contributed by atoms with E-state index in [1.807, 2.05) is 17.2 Å². The molecule has 0 fully saturated rings. The van der Waals surface area contributed by atoms with E-state index in [9.17, 15) is 5.11 Å². The van der Waals surface area contributed by atoms with E-state index in [0.29, 0.717) is 17.3 Å². The normalized spacial score (nSPS) is 14.2. The van der Waals surface area contributed by atoms with Gasteiger partial charge in [-0.05, 0) is 57.0 Å². The molecular formula is C19H34ClNO3Si. The predicted molar refractivity (Wildman–Crippen MR) is 108 cm³/mol. The van der Waals surface area contributed by atoms with Crippen LogP contribution >= 0.6 is 11.6 Å². The van der Waals surface area contributed by atoms with Gasteiger partial charge in [0.25, 0.3) is 0 Å². The Morgan fingerprint density at radius 2 is 1.84 bits per heavy atom. The zero-order valence-corrected chi connectivity index (χ0v) is 18.6. The fraction of sp³-hybridized carbons (Fsp3) is 0.684. The minimum Gasteiger partial charge on any atom is -0.491 e. The number of aliphatic hydroxyl groups excluding tert-OH is 1. The van der Waals surface area contributed by atoms with Gasteiger partial charge in [-0.25, -0.2) is 0 Å². The van der Waals surface area contributed by atoms with Gasteiger partial charge in [-0.3, -0.25) is 0 Å². The van der Waals surface area contributed by atoms with Crippen LogP contribution in [0.4, 0.5) is 0 Å². The van der Waals surface area contributed by atoms with E-state index >= 15 is 0 Å². The number of nitrogens with zero attached hydrogens (tertiary/aromatic N) is 1. The Balaban J connectivity index is 2.70. The lowest BCUT2D eigenvalue weighted by Gasteiger charge is -2.43. The van der Waals surface area contributed by atoms with Gasteiger partial charge < -0.3 is 14.4 Å². The minimum absolute atomic E-state index is 0.173. The van der Waals surface area contributed by atoms with Crippen molar-refractivity contribution < 1.29 is 14.4 Å². The quantitative estimate of drug-likeness (QED) is 0.500. The molecule has 1 N–H and O–H groups in total. The van der Waals surface area contributed by atoms with Crippen LogP contribution in [0.1, 0.15) is 41.0 Å². The highest BCUT2D eigenvalue weighted by molar-refractivity contribution is 6.48. The van der Waals surface area contributed by atoms with E-state index in [0.717, 1.165) is 6.42 Å². The molecule has 0 saturated heterocycles. The van der Waals surface area contributed by atoms with Gasteiger partial charge in [0.15, 0.2) is 9.04 Å². The summed E-state index contributed by atoms with van der Waals surface area (Å²) in [5, 5.41) is 13.0. The lowest BCUT2D eigenvalue weighted by molar-refractivity contribution is -0.166. The maximum absolute atomic E-state index is 10.5. The van der Waals surface area contributed by atoms with E-state index < -0.39 is 15.1 Å². The molecule has 25 heavy (non-hydrogen) atoms. The van der Waals surface area contributed by atoms with Gasteiger partial charge in [0, 0.05) is 10.6 Å². The largest absolute Gasteiger partial charge is 0.491 e. The number of benzene rings is 1. The van der Waals surface area contributed by atoms with Gasteiger partial charge in [-0.15, -0.1) is 0 Å². The van der Waals surface area contributed by atoms with E-state index in [2.05, 4.69) is 47.7 Å². The Morgan fingerprint density at radius 3 is 2.36 bits per heavy atom. The smallest absolute Gasteiger partial charge is 0.199 e. The third-order valence-electron chi connectivity index (χ3n) is 3.59. The third-order valence-corrected chi connectivity index (χ3v) is 4.50. The lowest BCUT2D eigenvalue weighted by atomic mass is 9.81. The van der Waals surface area contributed by atoms with Crippen molar-refractivity contribution in [2.45, 2.75) is 65.8 Å². The van der Waals surface area contributed by atoms with E-state index in [1.165, 1.54) is 0 Å². The second-order valence-electron chi connectivity index (χ2n) is 8.69. The first-order valence-corrected chi connectivity index (χ1v) is 12.1. The molecule has 0 aliphatic rings. The van der Waals surface area contributed by atoms with Crippen LogP contribution < -0.4 is 4.74 Å². The first-order chi connectivity index (χ1) is 11.4. The molecule has 4 nitrogen and oxygen atoms in total.